The number of alkyl halides is 1. The molecule has 2 nitrogen and oxygen atoms in total. The maximum atomic E-state index is 9.12. The second-order valence-corrected chi connectivity index (χ2v) is 4.34. The van der Waals surface area contributed by atoms with E-state index < -0.39 is 0 Å². The molecule has 1 heterocycles. The van der Waals surface area contributed by atoms with Gasteiger partial charge in [-0.15, -0.1) is 11.6 Å². The minimum Gasteiger partial charge on any atom is -0.353 e. The largest absolute Gasteiger partial charge is 0.353 e. The van der Waals surface area contributed by atoms with Gasteiger partial charge >= 0.3 is 0 Å². The fourth-order valence-corrected chi connectivity index (χ4v) is 1.93. The molecular weight excluding hydrogens is 232 g/mol. The Bertz CT molecular complexity index is 541. The van der Waals surface area contributed by atoms with Crippen LogP contribution in [0.2, 0.25) is 0 Å². The Morgan fingerprint density at radius 1 is 1.41 bits per heavy atom. The number of hydrogen-bond donors (Lipinski definition) is 0. The predicted molar refractivity (Wildman–Crippen MR) is 70.7 cm³/mol. The van der Waals surface area contributed by atoms with Crippen molar-refractivity contribution in [2.24, 2.45) is 0 Å². The molecule has 0 radical (unpaired) electrons. The van der Waals surface area contributed by atoms with E-state index in [-0.39, 0.29) is 5.38 Å². The summed E-state index contributed by atoms with van der Waals surface area (Å²) in [5, 5.41) is 9.04. The number of rotatable bonds is 2. The van der Waals surface area contributed by atoms with Crippen molar-refractivity contribution < 1.29 is 0 Å². The zero-order valence-corrected chi connectivity index (χ0v) is 10.4. The lowest BCUT2D eigenvalue weighted by Gasteiger charge is -1.98. The van der Waals surface area contributed by atoms with E-state index in [2.05, 4.69) is 13.0 Å². The Balaban J connectivity index is 2.44. The molecule has 0 saturated heterocycles. The highest BCUT2D eigenvalue weighted by Gasteiger charge is 2.09. The Labute approximate surface area is 106 Å². The molecule has 17 heavy (non-hydrogen) atoms. The number of hydrogen-bond acceptors (Lipinski definition) is 1. The number of allylic oxidation sites excluding steroid dienone is 6. The molecule has 0 aromatic carbocycles. The van der Waals surface area contributed by atoms with Gasteiger partial charge in [0.15, 0.2) is 0 Å². The van der Waals surface area contributed by atoms with Crippen LogP contribution in [0.3, 0.4) is 0 Å². The summed E-state index contributed by atoms with van der Waals surface area (Å²) in [6.07, 6.45) is 13.6. The van der Waals surface area contributed by atoms with Gasteiger partial charge in [-0.1, -0.05) is 30.4 Å². The van der Waals surface area contributed by atoms with Gasteiger partial charge in [0.2, 0.25) is 0 Å². The third-order valence-corrected chi connectivity index (χ3v) is 3.00. The summed E-state index contributed by atoms with van der Waals surface area (Å²) >= 11 is 6.00. The van der Waals surface area contributed by atoms with Crippen LogP contribution in [-0.4, -0.2) is 9.94 Å². The number of halogens is 1. The quantitative estimate of drug-likeness (QED) is 0.732. The van der Waals surface area contributed by atoms with Crippen molar-refractivity contribution in [2.75, 3.05) is 0 Å². The van der Waals surface area contributed by atoms with E-state index >= 15 is 0 Å². The van der Waals surface area contributed by atoms with Crippen LogP contribution in [0.4, 0.5) is 0 Å². The molecule has 0 aliphatic heterocycles. The Kier molecular flexibility index (Phi) is 3.51. The van der Waals surface area contributed by atoms with Gasteiger partial charge in [-0.2, -0.15) is 5.26 Å². The second-order valence-electron chi connectivity index (χ2n) is 3.84. The van der Waals surface area contributed by atoms with Gasteiger partial charge in [0.05, 0.1) is 10.9 Å². The van der Waals surface area contributed by atoms with Gasteiger partial charge in [-0.05, 0) is 12.5 Å². The first-order valence-corrected chi connectivity index (χ1v) is 5.99. The van der Waals surface area contributed by atoms with Crippen LogP contribution in [0.5, 0.6) is 0 Å². The fraction of sp³-hybridized carbons (Fsp3) is 0.214. The maximum Gasteiger partial charge on any atom is 0.101 e. The molecule has 1 aromatic rings. The molecule has 86 valence electrons. The smallest absolute Gasteiger partial charge is 0.101 e. The molecule has 0 N–H and O–H groups in total. The summed E-state index contributed by atoms with van der Waals surface area (Å²) in [4.78, 5) is 0. The van der Waals surface area contributed by atoms with E-state index in [4.69, 9.17) is 16.9 Å². The Morgan fingerprint density at radius 3 is 2.94 bits per heavy atom. The number of aryl methyl sites for hydroxylation is 1. The van der Waals surface area contributed by atoms with Crippen molar-refractivity contribution >= 4 is 17.2 Å². The van der Waals surface area contributed by atoms with Crippen LogP contribution in [0, 0.1) is 11.3 Å². The average Bonchev–Trinajstić information content (AvgIpc) is 2.65. The fourth-order valence-electron chi connectivity index (χ4n) is 1.77. The molecule has 3 heteroatoms. The van der Waals surface area contributed by atoms with Crippen molar-refractivity contribution in [3.63, 3.8) is 0 Å². The van der Waals surface area contributed by atoms with E-state index in [0.29, 0.717) is 5.56 Å². The maximum absolute atomic E-state index is 9.12. The zero-order valence-electron chi connectivity index (χ0n) is 9.60. The number of nitrogens with zero attached hydrogens (tertiary/aromatic N) is 2. The molecule has 0 bridgehead atoms. The van der Waals surface area contributed by atoms with E-state index in [9.17, 15) is 0 Å². The number of nitriles is 1. The van der Waals surface area contributed by atoms with Crippen LogP contribution in [0.1, 0.15) is 18.1 Å². The lowest BCUT2D eigenvalue weighted by Crippen LogP contribution is -1.87. The third-order valence-electron chi connectivity index (χ3n) is 2.71. The molecule has 0 spiro atoms. The minimum atomic E-state index is -0.0810. The van der Waals surface area contributed by atoms with E-state index in [1.165, 1.54) is 0 Å². The van der Waals surface area contributed by atoms with Crippen molar-refractivity contribution in [3.05, 3.63) is 53.9 Å². The molecule has 1 atom stereocenters. The zero-order chi connectivity index (χ0) is 12.3. The van der Waals surface area contributed by atoms with Crippen molar-refractivity contribution in [3.8, 4) is 6.07 Å². The molecule has 2 rings (SSSR count). The molecule has 1 aromatic heterocycles. The first-order valence-electron chi connectivity index (χ1n) is 5.55. The second kappa shape index (κ2) is 5.07. The molecule has 1 aliphatic carbocycles. The third kappa shape index (κ3) is 2.51. The molecule has 0 fully saturated rings. The SMILES string of the molecule is CCn1cc(C#N)c(C2=CC=CC(Cl)C=C2)c1. The van der Waals surface area contributed by atoms with Gasteiger partial charge in [0.1, 0.15) is 6.07 Å². The lowest BCUT2D eigenvalue weighted by atomic mass is 10.1. The molecular formula is C14H13ClN2. The van der Waals surface area contributed by atoms with E-state index in [0.717, 1.165) is 17.7 Å². The van der Waals surface area contributed by atoms with Crippen LogP contribution in [-0.2, 0) is 6.54 Å². The van der Waals surface area contributed by atoms with Gasteiger partial charge in [-0.3, -0.25) is 0 Å². The van der Waals surface area contributed by atoms with Crippen LogP contribution < -0.4 is 0 Å². The summed E-state index contributed by atoms with van der Waals surface area (Å²) in [6.45, 7) is 2.91. The van der Waals surface area contributed by atoms with Gasteiger partial charge < -0.3 is 4.57 Å². The first kappa shape index (κ1) is 11.8. The minimum absolute atomic E-state index is 0.0810. The monoisotopic (exact) mass is 244 g/mol. The highest BCUT2D eigenvalue weighted by atomic mass is 35.5. The van der Waals surface area contributed by atoms with Crippen molar-refractivity contribution in [1.29, 1.82) is 5.26 Å². The Morgan fingerprint density at radius 2 is 2.24 bits per heavy atom. The Hall–Kier alpha value is -1.72. The van der Waals surface area contributed by atoms with Crippen molar-refractivity contribution in [2.45, 2.75) is 18.8 Å². The summed E-state index contributed by atoms with van der Waals surface area (Å²) in [7, 11) is 0. The summed E-state index contributed by atoms with van der Waals surface area (Å²) in [5.74, 6) is 0. The van der Waals surface area contributed by atoms with E-state index in [1.807, 2.05) is 47.3 Å². The van der Waals surface area contributed by atoms with Crippen LogP contribution in [0.15, 0.2) is 42.8 Å². The lowest BCUT2D eigenvalue weighted by molar-refractivity contribution is 0.768. The first-order chi connectivity index (χ1) is 8.24. The van der Waals surface area contributed by atoms with Gasteiger partial charge in [-0.25, -0.2) is 0 Å². The summed E-state index contributed by atoms with van der Waals surface area (Å²) in [6, 6.07) is 2.23. The molecule has 0 amide bonds. The standard InChI is InChI=1S/C14H13ClN2/c1-2-17-9-12(8-16)14(10-17)11-4-3-5-13(15)7-6-11/h3-7,9-10,13H,2H2,1H3. The highest BCUT2D eigenvalue weighted by molar-refractivity contribution is 6.23. The van der Waals surface area contributed by atoms with Crippen LogP contribution in [0.25, 0.3) is 5.57 Å². The van der Waals surface area contributed by atoms with Gasteiger partial charge in [0.25, 0.3) is 0 Å². The van der Waals surface area contributed by atoms with Crippen molar-refractivity contribution in [1.82, 2.24) is 4.57 Å². The topological polar surface area (TPSA) is 28.7 Å². The van der Waals surface area contributed by atoms with Gasteiger partial charge in [0, 0.05) is 24.5 Å². The van der Waals surface area contributed by atoms with Crippen LogP contribution >= 0.6 is 11.6 Å². The predicted octanol–water partition coefficient (Wildman–Crippen LogP) is 3.50. The number of aromatic nitrogens is 1. The average molecular weight is 245 g/mol. The molecule has 1 unspecified atom stereocenters. The molecule has 1 aliphatic rings. The summed E-state index contributed by atoms with van der Waals surface area (Å²) in [5.41, 5.74) is 2.68. The van der Waals surface area contributed by atoms with E-state index in [1.54, 1.807) is 0 Å². The normalized spacial score (nSPS) is 18.6. The molecule has 0 saturated carbocycles. The summed E-state index contributed by atoms with van der Waals surface area (Å²) < 4.78 is 2.01. The highest BCUT2D eigenvalue weighted by Crippen LogP contribution is 2.23.